The fourth-order valence-electron chi connectivity index (χ4n) is 4.07. The summed E-state index contributed by atoms with van der Waals surface area (Å²) in [4.78, 5) is 14.7. The monoisotopic (exact) mass is 437 g/mol. The molecule has 168 valence electrons. The number of benzene rings is 2. The van der Waals surface area contributed by atoms with Crippen molar-refractivity contribution in [2.75, 3.05) is 41.0 Å². The summed E-state index contributed by atoms with van der Waals surface area (Å²) >= 11 is 0. The quantitative estimate of drug-likeness (QED) is 0.690. The highest BCUT2D eigenvalue weighted by molar-refractivity contribution is 5.96. The molecular formula is C22H25F2NO6. The summed E-state index contributed by atoms with van der Waals surface area (Å²) in [6, 6.07) is 6.37. The minimum absolute atomic E-state index is 0.00922. The summed E-state index contributed by atoms with van der Waals surface area (Å²) in [7, 11) is 4.33. The van der Waals surface area contributed by atoms with E-state index in [1.54, 1.807) is 0 Å². The van der Waals surface area contributed by atoms with Crippen LogP contribution in [0.5, 0.6) is 17.2 Å². The lowest BCUT2D eigenvalue weighted by atomic mass is 9.75. The number of rotatable bonds is 7. The van der Waals surface area contributed by atoms with E-state index in [4.69, 9.17) is 14.2 Å². The van der Waals surface area contributed by atoms with Gasteiger partial charge in [0.05, 0.1) is 34.0 Å². The van der Waals surface area contributed by atoms with Gasteiger partial charge in [0.15, 0.2) is 23.1 Å². The van der Waals surface area contributed by atoms with Crippen LogP contribution in [0.1, 0.15) is 22.3 Å². The third-order valence-corrected chi connectivity index (χ3v) is 5.81. The molecule has 2 aromatic carbocycles. The number of ether oxygens (including phenoxy) is 3. The van der Waals surface area contributed by atoms with E-state index in [0.717, 1.165) is 12.1 Å². The molecule has 3 rings (SSSR count). The van der Waals surface area contributed by atoms with Crippen LogP contribution in [-0.2, 0) is 5.41 Å². The first kappa shape index (κ1) is 22.8. The number of likely N-dealkylation sites (tertiary alicyclic amines) is 1. The highest BCUT2D eigenvalue weighted by Crippen LogP contribution is 2.41. The number of aliphatic hydroxyl groups excluding tert-OH is 2. The Morgan fingerprint density at radius 1 is 1.10 bits per heavy atom. The Bertz CT molecular complexity index is 944. The van der Waals surface area contributed by atoms with Gasteiger partial charge >= 0.3 is 0 Å². The number of methoxy groups -OCH3 is 3. The number of hydrogen-bond acceptors (Lipinski definition) is 6. The van der Waals surface area contributed by atoms with E-state index in [9.17, 15) is 23.8 Å². The van der Waals surface area contributed by atoms with Gasteiger partial charge in [-0.15, -0.1) is 0 Å². The maximum absolute atomic E-state index is 13.9. The average molecular weight is 437 g/mol. The molecule has 31 heavy (non-hydrogen) atoms. The number of halogens is 2. The second kappa shape index (κ2) is 9.07. The summed E-state index contributed by atoms with van der Waals surface area (Å²) in [5, 5.41) is 20.2. The Labute approximate surface area is 178 Å². The van der Waals surface area contributed by atoms with Crippen molar-refractivity contribution in [3.8, 4) is 17.2 Å². The number of nitrogens with zero attached hydrogens (tertiary/aromatic N) is 1. The minimum atomic E-state index is -1.27. The fraction of sp³-hybridized carbons (Fsp3) is 0.409. The van der Waals surface area contributed by atoms with Gasteiger partial charge in [0.1, 0.15) is 0 Å². The lowest BCUT2D eigenvalue weighted by Gasteiger charge is -2.34. The number of amides is 1. The van der Waals surface area contributed by atoms with Gasteiger partial charge in [-0.3, -0.25) is 4.79 Å². The van der Waals surface area contributed by atoms with Gasteiger partial charge in [-0.1, -0.05) is 6.07 Å². The molecule has 1 aliphatic rings. The minimum Gasteiger partial charge on any atom is -0.493 e. The Kier molecular flexibility index (Phi) is 6.66. The second-order valence-corrected chi connectivity index (χ2v) is 7.37. The zero-order chi connectivity index (χ0) is 22.8. The van der Waals surface area contributed by atoms with Crippen molar-refractivity contribution in [2.24, 2.45) is 0 Å². The lowest BCUT2D eigenvalue weighted by Crippen LogP contribution is -2.45. The molecule has 1 amide bonds. The molecule has 7 nitrogen and oxygen atoms in total. The van der Waals surface area contributed by atoms with Gasteiger partial charge < -0.3 is 29.3 Å². The highest BCUT2D eigenvalue weighted by Gasteiger charge is 2.47. The molecule has 0 aromatic heterocycles. The van der Waals surface area contributed by atoms with E-state index in [1.807, 2.05) is 0 Å². The molecule has 2 N–H and O–H groups in total. The molecule has 2 aromatic rings. The first-order valence-corrected chi connectivity index (χ1v) is 9.65. The van der Waals surface area contributed by atoms with Gasteiger partial charge in [-0.05, 0) is 36.2 Å². The van der Waals surface area contributed by atoms with E-state index in [1.165, 1.54) is 44.4 Å². The van der Waals surface area contributed by atoms with Gasteiger partial charge in [0.2, 0.25) is 5.75 Å². The average Bonchev–Trinajstić information content (AvgIpc) is 3.25. The number of aliphatic hydroxyl groups is 2. The van der Waals surface area contributed by atoms with Crippen LogP contribution < -0.4 is 14.2 Å². The molecule has 1 saturated heterocycles. The smallest absolute Gasteiger partial charge is 0.254 e. The topological polar surface area (TPSA) is 88.5 Å². The van der Waals surface area contributed by atoms with Crippen molar-refractivity contribution in [3.05, 3.63) is 53.1 Å². The summed E-state index contributed by atoms with van der Waals surface area (Å²) in [5.41, 5.74) is -0.554. The van der Waals surface area contributed by atoms with Gasteiger partial charge in [-0.2, -0.15) is 0 Å². The molecule has 0 radical (unpaired) electrons. The van der Waals surface area contributed by atoms with Crippen molar-refractivity contribution in [3.63, 3.8) is 0 Å². The normalized spacial score (nSPS) is 19.3. The van der Waals surface area contributed by atoms with Crippen LogP contribution in [-0.4, -0.2) is 68.1 Å². The predicted octanol–water partition coefficient (Wildman–Crippen LogP) is 2.13. The highest BCUT2D eigenvalue weighted by atomic mass is 19.2. The van der Waals surface area contributed by atoms with Crippen molar-refractivity contribution in [1.82, 2.24) is 4.90 Å². The Hall–Kier alpha value is -2.91. The van der Waals surface area contributed by atoms with Crippen LogP contribution in [0.15, 0.2) is 30.3 Å². The Balaban J connectivity index is 1.97. The van der Waals surface area contributed by atoms with Crippen LogP contribution in [0.2, 0.25) is 0 Å². The number of hydrogen-bond donors (Lipinski definition) is 2. The van der Waals surface area contributed by atoms with E-state index < -0.39 is 29.8 Å². The van der Waals surface area contributed by atoms with Crippen molar-refractivity contribution < 1.29 is 38.0 Å². The number of carbonyl (C=O) groups is 1. The molecule has 0 saturated carbocycles. The molecule has 1 fully saturated rings. The van der Waals surface area contributed by atoms with E-state index in [2.05, 4.69) is 0 Å². The SMILES string of the molecule is COc1cc(C(=O)N2CCC(c3ccc(F)c(F)c3)(C(O)CO)C2)cc(OC)c1OC. The molecule has 1 heterocycles. The zero-order valence-electron chi connectivity index (χ0n) is 17.5. The van der Waals surface area contributed by atoms with Crippen molar-refractivity contribution >= 4 is 5.91 Å². The maximum Gasteiger partial charge on any atom is 0.254 e. The van der Waals surface area contributed by atoms with Crippen LogP contribution >= 0.6 is 0 Å². The van der Waals surface area contributed by atoms with Crippen molar-refractivity contribution in [1.29, 1.82) is 0 Å². The third kappa shape index (κ3) is 4.03. The zero-order valence-corrected chi connectivity index (χ0v) is 17.5. The molecule has 0 bridgehead atoms. The van der Waals surface area contributed by atoms with Crippen LogP contribution in [0, 0.1) is 11.6 Å². The second-order valence-electron chi connectivity index (χ2n) is 7.37. The molecule has 2 atom stereocenters. The van der Waals surface area contributed by atoms with Gasteiger partial charge in [0, 0.05) is 24.1 Å². The standard InChI is InChI=1S/C22H25F2NO6/c1-29-17-8-13(9-18(30-2)20(17)31-3)21(28)25-7-6-22(12-25,19(27)11-26)14-4-5-15(23)16(24)10-14/h4-5,8-10,19,26-27H,6-7,11-12H2,1-3H3. The van der Waals surface area contributed by atoms with Crippen molar-refractivity contribution in [2.45, 2.75) is 17.9 Å². The predicted molar refractivity (Wildman–Crippen MR) is 108 cm³/mol. The largest absolute Gasteiger partial charge is 0.493 e. The van der Waals surface area contributed by atoms with Crippen LogP contribution in [0.3, 0.4) is 0 Å². The van der Waals surface area contributed by atoms with Crippen LogP contribution in [0.4, 0.5) is 8.78 Å². The number of carbonyl (C=O) groups excluding carboxylic acids is 1. The molecule has 9 heteroatoms. The Morgan fingerprint density at radius 2 is 1.74 bits per heavy atom. The van der Waals surface area contributed by atoms with Crippen LogP contribution in [0.25, 0.3) is 0 Å². The molecule has 0 spiro atoms. The summed E-state index contributed by atoms with van der Waals surface area (Å²) in [6.07, 6.45) is -1.01. The van der Waals surface area contributed by atoms with Gasteiger partial charge in [-0.25, -0.2) is 8.78 Å². The van der Waals surface area contributed by atoms with Gasteiger partial charge in [0.25, 0.3) is 5.91 Å². The van der Waals surface area contributed by atoms with E-state index >= 15 is 0 Å². The molecular weight excluding hydrogens is 412 g/mol. The van der Waals surface area contributed by atoms with E-state index in [0.29, 0.717) is 22.8 Å². The lowest BCUT2D eigenvalue weighted by molar-refractivity contribution is 0.0289. The summed E-state index contributed by atoms with van der Waals surface area (Å²) in [6.45, 7) is -0.341. The first-order chi connectivity index (χ1) is 14.8. The summed E-state index contributed by atoms with van der Waals surface area (Å²) in [5.74, 6) is -1.47. The summed E-state index contributed by atoms with van der Waals surface area (Å²) < 4.78 is 43.2. The van der Waals surface area contributed by atoms with E-state index in [-0.39, 0.29) is 31.0 Å². The molecule has 2 unspecified atom stereocenters. The molecule has 0 aliphatic carbocycles. The Morgan fingerprint density at radius 3 is 2.26 bits per heavy atom. The third-order valence-electron chi connectivity index (χ3n) is 5.81. The fourth-order valence-corrected chi connectivity index (χ4v) is 4.07. The first-order valence-electron chi connectivity index (χ1n) is 9.65. The molecule has 1 aliphatic heterocycles. The maximum atomic E-state index is 13.9.